The van der Waals surface area contributed by atoms with Gasteiger partial charge in [0.25, 0.3) is 0 Å². The van der Waals surface area contributed by atoms with Crippen molar-refractivity contribution in [2.75, 3.05) is 18.1 Å². The van der Waals surface area contributed by atoms with Gasteiger partial charge in [-0.2, -0.15) is 11.8 Å². The molecular weight excluding hydrogens is 226 g/mol. The second-order valence-corrected chi connectivity index (χ2v) is 4.09. The van der Waals surface area contributed by atoms with Crippen molar-refractivity contribution in [1.82, 2.24) is 4.90 Å². The van der Waals surface area contributed by atoms with Crippen molar-refractivity contribution in [3.63, 3.8) is 0 Å². The second-order valence-electron chi connectivity index (χ2n) is 2.98. The molecule has 1 N–H and O–H groups in total. The quantitative estimate of drug-likeness (QED) is 0.520. The maximum absolute atomic E-state index is 10.8. The first-order valence-electron chi connectivity index (χ1n) is 4.97. The molecule has 0 aliphatic heterocycles. The van der Waals surface area contributed by atoms with Crippen molar-refractivity contribution in [2.24, 2.45) is 0 Å². The highest BCUT2D eigenvalue weighted by atomic mass is 32.2. The Bertz CT molecular complexity index is 275. The van der Waals surface area contributed by atoms with Gasteiger partial charge in [0.05, 0.1) is 5.75 Å². The molecule has 0 aromatic heterocycles. The Hall–Kier alpha value is -1.23. The van der Waals surface area contributed by atoms with Crippen LogP contribution in [0.1, 0.15) is 13.8 Å². The Morgan fingerprint density at radius 3 is 2.25 bits per heavy atom. The van der Waals surface area contributed by atoms with Crippen LogP contribution in [-0.4, -0.2) is 39.8 Å². The van der Waals surface area contributed by atoms with E-state index in [0.717, 1.165) is 6.54 Å². The SMILES string of the molecule is C/C=C/N(/C=C/C)CCSCC(=O)C(=O)O. The first-order chi connectivity index (χ1) is 7.61. The van der Waals surface area contributed by atoms with E-state index < -0.39 is 11.8 Å². The van der Waals surface area contributed by atoms with E-state index >= 15 is 0 Å². The largest absolute Gasteiger partial charge is 0.475 e. The van der Waals surface area contributed by atoms with Crippen molar-refractivity contribution in [3.05, 3.63) is 24.6 Å². The zero-order chi connectivity index (χ0) is 12.4. The van der Waals surface area contributed by atoms with Gasteiger partial charge in [0, 0.05) is 12.3 Å². The van der Waals surface area contributed by atoms with Gasteiger partial charge in [-0.1, -0.05) is 12.2 Å². The number of nitrogens with zero attached hydrogens (tertiary/aromatic N) is 1. The predicted molar refractivity (Wildman–Crippen MR) is 66.3 cm³/mol. The van der Waals surface area contributed by atoms with Gasteiger partial charge >= 0.3 is 5.97 Å². The number of Topliss-reactive ketones (excluding diaryl/α,β-unsaturated/α-hetero) is 1. The third kappa shape index (κ3) is 7.11. The number of hydrogen-bond acceptors (Lipinski definition) is 4. The Kier molecular flexibility index (Phi) is 8.34. The zero-order valence-electron chi connectivity index (χ0n) is 9.55. The van der Waals surface area contributed by atoms with Crippen LogP contribution in [0.4, 0.5) is 0 Å². The van der Waals surface area contributed by atoms with E-state index in [9.17, 15) is 9.59 Å². The normalized spacial score (nSPS) is 11.1. The summed E-state index contributed by atoms with van der Waals surface area (Å²) in [7, 11) is 0. The number of thioether (sulfide) groups is 1. The summed E-state index contributed by atoms with van der Waals surface area (Å²) >= 11 is 1.33. The Labute approximate surface area is 100 Å². The summed E-state index contributed by atoms with van der Waals surface area (Å²) in [6.45, 7) is 4.61. The summed E-state index contributed by atoms with van der Waals surface area (Å²) in [5, 5.41) is 8.36. The summed E-state index contributed by atoms with van der Waals surface area (Å²) in [6.07, 6.45) is 7.71. The number of rotatable bonds is 8. The summed E-state index contributed by atoms with van der Waals surface area (Å²) in [5.74, 6) is -1.34. The molecule has 0 aromatic carbocycles. The lowest BCUT2D eigenvalue weighted by Gasteiger charge is -2.14. The number of hydrogen-bond donors (Lipinski definition) is 1. The molecule has 0 unspecified atom stereocenters. The van der Waals surface area contributed by atoms with E-state index in [1.165, 1.54) is 11.8 Å². The van der Waals surface area contributed by atoms with E-state index in [4.69, 9.17) is 5.11 Å². The molecule has 0 rings (SSSR count). The molecule has 0 fully saturated rings. The minimum Gasteiger partial charge on any atom is -0.475 e. The number of carboxylic acids is 1. The number of carboxylic acid groups (broad SMARTS) is 1. The lowest BCUT2D eigenvalue weighted by Crippen LogP contribution is -2.17. The molecule has 0 heterocycles. The van der Waals surface area contributed by atoms with E-state index in [1.54, 1.807) is 0 Å². The first kappa shape index (κ1) is 14.8. The molecule has 0 saturated carbocycles. The lowest BCUT2D eigenvalue weighted by molar-refractivity contribution is -0.147. The van der Waals surface area contributed by atoms with Crippen LogP contribution in [0.25, 0.3) is 0 Å². The lowest BCUT2D eigenvalue weighted by atomic mass is 10.5. The van der Waals surface area contributed by atoms with Gasteiger partial charge in [-0.05, 0) is 26.2 Å². The molecule has 0 saturated heterocycles. The molecule has 0 aliphatic carbocycles. The summed E-state index contributed by atoms with van der Waals surface area (Å²) in [5.41, 5.74) is 0. The number of allylic oxidation sites excluding steroid dienone is 2. The van der Waals surface area contributed by atoms with Crippen LogP contribution in [0.5, 0.6) is 0 Å². The fourth-order valence-corrected chi connectivity index (χ4v) is 1.77. The van der Waals surface area contributed by atoms with Crippen LogP contribution in [0.2, 0.25) is 0 Å². The van der Waals surface area contributed by atoms with Crippen molar-refractivity contribution in [3.8, 4) is 0 Å². The van der Waals surface area contributed by atoms with Crippen LogP contribution in [0, 0.1) is 0 Å². The van der Waals surface area contributed by atoms with Crippen LogP contribution in [0.15, 0.2) is 24.6 Å². The number of ketones is 1. The molecule has 0 spiro atoms. The maximum Gasteiger partial charge on any atom is 0.373 e. The van der Waals surface area contributed by atoms with Crippen LogP contribution >= 0.6 is 11.8 Å². The molecule has 16 heavy (non-hydrogen) atoms. The zero-order valence-corrected chi connectivity index (χ0v) is 10.4. The summed E-state index contributed by atoms with van der Waals surface area (Å²) in [4.78, 5) is 23.0. The van der Waals surface area contributed by atoms with Crippen LogP contribution in [-0.2, 0) is 9.59 Å². The minimum atomic E-state index is -1.36. The standard InChI is InChI=1S/C11H17NO3S/c1-3-5-12(6-4-2)7-8-16-9-10(13)11(14)15/h3-6H,7-9H2,1-2H3,(H,14,15)/b5-3+,6-4+. The van der Waals surface area contributed by atoms with E-state index in [1.807, 2.05) is 43.3 Å². The number of carbonyl (C=O) groups excluding carboxylic acids is 1. The van der Waals surface area contributed by atoms with Crippen molar-refractivity contribution in [1.29, 1.82) is 0 Å². The van der Waals surface area contributed by atoms with E-state index in [2.05, 4.69) is 0 Å². The van der Waals surface area contributed by atoms with E-state index in [-0.39, 0.29) is 5.75 Å². The molecule has 0 aliphatic rings. The Morgan fingerprint density at radius 1 is 1.25 bits per heavy atom. The van der Waals surface area contributed by atoms with Gasteiger partial charge in [-0.3, -0.25) is 4.79 Å². The number of aliphatic carboxylic acids is 1. The van der Waals surface area contributed by atoms with Gasteiger partial charge in [0.2, 0.25) is 5.78 Å². The highest BCUT2D eigenvalue weighted by molar-refractivity contribution is 8.00. The molecule has 0 amide bonds. The summed E-state index contributed by atoms with van der Waals surface area (Å²) < 4.78 is 0. The number of carbonyl (C=O) groups is 2. The molecule has 4 nitrogen and oxygen atoms in total. The topological polar surface area (TPSA) is 57.6 Å². The molecule has 0 aromatic rings. The summed E-state index contributed by atoms with van der Waals surface area (Å²) in [6, 6.07) is 0. The van der Waals surface area contributed by atoms with Gasteiger partial charge in [-0.25, -0.2) is 4.79 Å². The fourth-order valence-electron chi connectivity index (χ4n) is 0.978. The van der Waals surface area contributed by atoms with Crippen molar-refractivity contribution < 1.29 is 14.7 Å². The second kappa shape index (κ2) is 9.03. The molecule has 90 valence electrons. The molecular formula is C11H17NO3S. The molecule has 0 bridgehead atoms. The maximum atomic E-state index is 10.8. The third-order valence-corrected chi connectivity index (χ3v) is 2.58. The molecule has 5 heteroatoms. The highest BCUT2D eigenvalue weighted by Gasteiger charge is 2.10. The highest BCUT2D eigenvalue weighted by Crippen LogP contribution is 2.03. The average molecular weight is 243 g/mol. The third-order valence-electron chi connectivity index (χ3n) is 1.65. The van der Waals surface area contributed by atoms with Gasteiger partial charge in [0.1, 0.15) is 0 Å². The average Bonchev–Trinajstić information content (AvgIpc) is 2.24. The molecule has 0 radical (unpaired) electrons. The van der Waals surface area contributed by atoms with Crippen LogP contribution in [0.3, 0.4) is 0 Å². The Morgan fingerprint density at radius 2 is 1.81 bits per heavy atom. The molecule has 0 atom stereocenters. The first-order valence-corrected chi connectivity index (χ1v) is 6.12. The van der Waals surface area contributed by atoms with Gasteiger partial charge in [0.15, 0.2) is 0 Å². The minimum absolute atomic E-state index is 0.0366. The monoisotopic (exact) mass is 243 g/mol. The van der Waals surface area contributed by atoms with Crippen molar-refractivity contribution >= 4 is 23.5 Å². The van der Waals surface area contributed by atoms with Gasteiger partial charge in [-0.15, -0.1) is 0 Å². The van der Waals surface area contributed by atoms with Gasteiger partial charge < -0.3 is 10.0 Å². The van der Waals surface area contributed by atoms with E-state index in [0.29, 0.717) is 5.75 Å². The smallest absolute Gasteiger partial charge is 0.373 e. The Balaban J connectivity index is 3.78. The predicted octanol–water partition coefficient (Wildman–Crippen LogP) is 1.74. The van der Waals surface area contributed by atoms with Crippen LogP contribution < -0.4 is 0 Å². The van der Waals surface area contributed by atoms with Crippen molar-refractivity contribution in [2.45, 2.75) is 13.8 Å². The fraction of sp³-hybridized carbons (Fsp3) is 0.455.